The standard InChI is InChI=1S/C42H49N13O5S/c1-7-29-35(61-23(4)48-29)41(58)51-42-49-30-16-26(40(57)44-5)18-31(59-6)34(30)54(42)13-10-9-12-53-33-27(15-25(36(43)56)17-32(33)60-14-11-24-19-45-20-24)28-21-46-37(50-38(28)53)39-47-22(3)52-55(39)8-2/h9-10,15-18,21,24,36,45,56H,7-8,11-14,19-20,43H2,1-6H3,(H,44,57)(H,49,51,58)/b10-9+. The predicted molar refractivity (Wildman–Crippen MR) is 233 cm³/mol. The van der Waals surface area contributed by atoms with Gasteiger partial charge in [0.15, 0.2) is 11.6 Å². The van der Waals surface area contributed by atoms with Crippen LogP contribution in [0.1, 0.15) is 68.6 Å². The van der Waals surface area contributed by atoms with E-state index >= 15 is 0 Å². The molecule has 7 aromatic rings. The molecule has 8 rings (SSSR count). The lowest BCUT2D eigenvalue weighted by molar-refractivity contribution is 0.0961. The number of nitrogens with two attached hydrogens (primary N) is 1. The molecule has 1 unspecified atom stereocenters. The number of aromatic nitrogens is 9. The average molecular weight is 848 g/mol. The van der Waals surface area contributed by atoms with Gasteiger partial charge in [-0.1, -0.05) is 19.1 Å². The van der Waals surface area contributed by atoms with Gasteiger partial charge in [0, 0.05) is 49.2 Å². The second-order valence-corrected chi connectivity index (χ2v) is 16.0. The summed E-state index contributed by atoms with van der Waals surface area (Å²) >= 11 is 1.33. The van der Waals surface area contributed by atoms with E-state index in [1.165, 1.54) is 18.4 Å². The summed E-state index contributed by atoms with van der Waals surface area (Å²) in [5.41, 5.74) is 10.1. The number of anilines is 1. The van der Waals surface area contributed by atoms with E-state index in [4.69, 9.17) is 30.2 Å². The van der Waals surface area contributed by atoms with Crippen LogP contribution in [0.3, 0.4) is 0 Å². The third-order valence-electron chi connectivity index (χ3n) is 10.8. The number of methoxy groups -OCH3 is 1. The van der Waals surface area contributed by atoms with E-state index < -0.39 is 6.23 Å². The first-order chi connectivity index (χ1) is 29.5. The molecule has 1 saturated heterocycles. The molecule has 1 atom stereocenters. The molecule has 1 aliphatic rings. The van der Waals surface area contributed by atoms with Crippen LogP contribution in [0.4, 0.5) is 5.95 Å². The molecule has 0 aliphatic carbocycles. The van der Waals surface area contributed by atoms with E-state index in [2.05, 4.69) is 35.6 Å². The molecule has 1 fully saturated rings. The zero-order valence-corrected chi connectivity index (χ0v) is 35.8. The average Bonchev–Trinajstić information content (AvgIpc) is 4.00. The molecule has 6 N–H and O–H groups in total. The number of aryl methyl sites for hydroxylation is 4. The van der Waals surface area contributed by atoms with Gasteiger partial charge in [-0.15, -0.1) is 11.3 Å². The van der Waals surface area contributed by atoms with Gasteiger partial charge in [-0.2, -0.15) is 5.10 Å². The Morgan fingerprint density at radius 3 is 2.49 bits per heavy atom. The number of aliphatic hydroxyl groups excluding tert-OH is 1. The van der Waals surface area contributed by atoms with Crippen molar-refractivity contribution in [1.29, 1.82) is 0 Å². The van der Waals surface area contributed by atoms with Crippen LogP contribution in [0.2, 0.25) is 0 Å². The molecule has 18 nitrogen and oxygen atoms in total. The highest BCUT2D eigenvalue weighted by Gasteiger charge is 2.25. The lowest BCUT2D eigenvalue weighted by atomic mass is 10.0. The number of amides is 2. The predicted octanol–water partition coefficient (Wildman–Crippen LogP) is 4.66. The summed E-state index contributed by atoms with van der Waals surface area (Å²) < 4.78 is 18.0. The lowest BCUT2D eigenvalue weighted by Gasteiger charge is -2.27. The van der Waals surface area contributed by atoms with E-state index in [9.17, 15) is 14.7 Å². The molecule has 1 aliphatic heterocycles. The number of nitrogens with one attached hydrogen (secondary N) is 3. The zero-order valence-electron chi connectivity index (χ0n) is 34.9. The number of aliphatic hydroxyl groups is 1. The first kappa shape index (κ1) is 41.5. The van der Waals surface area contributed by atoms with Crippen molar-refractivity contribution in [3.05, 3.63) is 75.1 Å². The fourth-order valence-corrected chi connectivity index (χ4v) is 8.53. The van der Waals surface area contributed by atoms with Gasteiger partial charge in [0.2, 0.25) is 5.95 Å². The summed E-state index contributed by atoms with van der Waals surface area (Å²) in [5, 5.41) is 26.4. The zero-order chi connectivity index (χ0) is 42.9. The van der Waals surface area contributed by atoms with Crippen LogP contribution in [-0.4, -0.2) is 94.6 Å². The topological polar surface area (TPSA) is 227 Å². The number of hydrogen-bond donors (Lipinski definition) is 5. The molecular formula is C42H49N13O5S. The molecular weight excluding hydrogens is 799 g/mol. The van der Waals surface area contributed by atoms with Gasteiger partial charge in [0.25, 0.3) is 11.8 Å². The van der Waals surface area contributed by atoms with E-state index in [0.717, 1.165) is 40.8 Å². The summed E-state index contributed by atoms with van der Waals surface area (Å²) in [7, 11) is 3.09. The molecule has 5 aromatic heterocycles. The third-order valence-corrected chi connectivity index (χ3v) is 11.8. The Kier molecular flexibility index (Phi) is 11.8. The Balaban J connectivity index is 1.22. The number of carbonyl (C=O) groups excluding carboxylic acids is 2. The minimum Gasteiger partial charge on any atom is -0.494 e. The summed E-state index contributed by atoms with van der Waals surface area (Å²) in [5.74, 6) is 2.74. The molecule has 2 aromatic carbocycles. The normalized spacial score (nSPS) is 13.7. The van der Waals surface area contributed by atoms with Crippen LogP contribution in [0.15, 0.2) is 42.6 Å². The Labute approximate surface area is 355 Å². The molecule has 0 bridgehead atoms. The van der Waals surface area contributed by atoms with Gasteiger partial charge >= 0.3 is 0 Å². The number of ether oxygens (including phenoxy) is 2. The lowest BCUT2D eigenvalue weighted by Crippen LogP contribution is -2.42. The molecule has 2 amide bonds. The van der Waals surface area contributed by atoms with E-state index in [-0.39, 0.29) is 24.3 Å². The number of hydrogen-bond acceptors (Lipinski definition) is 14. The number of imidazole rings is 1. The fraction of sp³-hybridized carbons (Fsp3) is 0.381. The van der Waals surface area contributed by atoms with Gasteiger partial charge in [-0.05, 0) is 82.4 Å². The maximum absolute atomic E-state index is 13.8. The van der Waals surface area contributed by atoms with Crippen molar-refractivity contribution in [3.8, 4) is 23.1 Å². The number of nitrogens with zero attached hydrogens (tertiary/aromatic N) is 9. The van der Waals surface area contributed by atoms with Gasteiger partial charge in [-0.3, -0.25) is 14.9 Å². The first-order valence-electron chi connectivity index (χ1n) is 20.3. The second kappa shape index (κ2) is 17.4. The maximum atomic E-state index is 13.8. The number of benzene rings is 2. The Bertz CT molecular complexity index is 2810. The molecule has 19 heteroatoms. The van der Waals surface area contributed by atoms with E-state index in [1.54, 1.807) is 36.1 Å². The van der Waals surface area contributed by atoms with Crippen LogP contribution < -0.4 is 31.2 Å². The highest BCUT2D eigenvalue weighted by atomic mass is 32.1. The number of allylic oxidation sites excluding steroid dienone is 2. The van der Waals surface area contributed by atoms with Crippen molar-refractivity contribution in [2.45, 2.75) is 66.4 Å². The Morgan fingerprint density at radius 1 is 1.02 bits per heavy atom. The van der Waals surface area contributed by atoms with Crippen molar-refractivity contribution < 1.29 is 24.2 Å². The SMILES string of the molecule is CCc1nc(C)sc1C(=O)Nc1nc2cc(C(=O)NC)cc(OC)c2n1C/C=C/Cn1c2nc(-c3nc(C)nn3CC)ncc2c2cc(C(N)O)cc(OCCC3CNC3)c21. The van der Waals surface area contributed by atoms with Crippen LogP contribution >= 0.6 is 11.3 Å². The highest BCUT2D eigenvalue weighted by molar-refractivity contribution is 7.13. The minimum absolute atomic E-state index is 0.267. The Morgan fingerprint density at radius 2 is 1.80 bits per heavy atom. The van der Waals surface area contributed by atoms with Crippen molar-refractivity contribution in [2.24, 2.45) is 11.7 Å². The van der Waals surface area contributed by atoms with E-state index in [0.29, 0.717) is 99.4 Å². The fourth-order valence-electron chi connectivity index (χ4n) is 7.62. The summed E-state index contributed by atoms with van der Waals surface area (Å²) in [4.78, 5) is 50.9. The first-order valence-corrected chi connectivity index (χ1v) is 21.1. The largest absolute Gasteiger partial charge is 0.494 e. The van der Waals surface area contributed by atoms with E-state index in [1.807, 2.05) is 50.5 Å². The minimum atomic E-state index is -1.23. The highest BCUT2D eigenvalue weighted by Crippen LogP contribution is 2.38. The molecule has 61 heavy (non-hydrogen) atoms. The number of carbonyl (C=O) groups is 2. The van der Waals surface area contributed by atoms with Crippen molar-refractivity contribution in [3.63, 3.8) is 0 Å². The quantitative estimate of drug-likeness (QED) is 0.0660. The number of rotatable bonds is 16. The smallest absolute Gasteiger partial charge is 0.269 e. The van der Waals surface area contributed by atoms with Crippen molar-refractivity contribution in [1.82, 2.24) is 54.5 Å². The summed E-state index contributed by atoms with van der Waals surface area (Å²) in [6, 6.07) is 6.97. The monoisotopic (exact) mass is 847 g/mol. The van der Waals surface area contributed by atoms with Crippen LogP contribution in [0, 0.1) is 19.8 Å². The number of fused-ring (bicyclic) bond motifs is 4. The van der Waals surface area contributed by atoms with Gasteiger partial charge in [0.05, 0.1) is 35.5 Å². The molecule has 0 saturated carbocycles. The summed E-state index contributed by atoms with van der Waals surface area (Å²) in [6.45, 7) is 11.2. The van der Waals surface area contributed by atoms with Crippen LogP contribution in [0.25, 0.3) is 44.6 Å². The van der Waals surface area contributed by atoms with Crippen LogP contribution in [0.5, 0.6) is 11.5 Å². The molecule has 0 radical (unpaired) electrons. The van der Waals surface area contributed by atoms with Gasteiger partial charge < -0.3 is 40.1 Å². The van der Waals surface area contributed by atoms with Crippen molar-refractivity contribution >= 4 is 62.1 Å². The van der Waals surface area contributed by atoms with Crippen molar-refractivity contribution in [2.75, 3.05) is 39.2 Å². The molecule has 6 heterocycles. The second-order valence-electron chi connectivity index (χ2n) is 14.8. The molecule has 0 spiro atoms. The maximum Gasteiger partial charge on any atom is 0.269 e. The number of thiazole rings is 1. The Hall–Kier alpha value is -6.28. The van der Waals surface area contributed by atoms with Gasteiger partial charge in [-0.25, -0.2) is 29.6 Å². The molecule has 318 valence electrons. The van der Waals surface area contributed by atoms with Crippen LogP contribution in [-0.2, 0) is 26.1 Å². The summed E-state index contributed by atoms with van der Waals surface area (Å²) in [6.07, 6.45) is 5.97. The third kappa shape index (κ3) is 8.04. The van der Waals surface area contributed by atoms with Gasteiger partial charge in [0.1, 0.15) is 39.6 Å².